The number of hydrogen-bond acceptors (Lipinski definition) is 5. The summed E-state index contributed by atoms with van der Waals surface area (Å²) in [7, 11) is 5.59. The van der Waals surface area contributed by atoms with Gasteiger partial charge in [-0.25, -0.2) is 0 Å². The third-order valence-corrected chi connectivity index (χ3v) is 9.40. The molecule has 0 bridgehead atoms. The molecule has 0 N–H and O–H groups in total. The Morgan fingerprint density at radius 2 is 1.71 bits per heavy atom. The molecule has 0 spiro atoms. The van der Waals surface area contributed by atoms with Crippen LogP contribution in [-0.2, 0) is 10.5 Å². The van der Waals surface area contributed by atoms with Crippen LogP contribution in [0, 0.1) is 5.92 Å². The van der Waals surface area contributed by atoms with E-state index in [9.17, 15) is 0 Å². The van der Waals surface area contributed by atoms with Crippen LogP contribution in [-0.4, -0.2) is 50.8 Å². The largest absolute Gasteiger partial charge is 0.493 e. The van der Waals surface area contributed by atoms with Gasteiger partial charge in [0.15, 0.2) is 11.5 Å². The summed E-state index contributed by atoms with van der Waals surface area (Å²) in [5, 5.41) is 0.813. The fourth-order valence-corrected chi connectivity index (χ4v) is 7.97. The molecule has 1 saturated heterocycles. The first-order valence-electron chi connectivity index (χ1n) is 10.9. The first kappa shape index (κ1) is 24.6. The number of halogens is 1. The van der Waals surface area contributed by atoms with Crippen LogP contribution in [0.3, 0.4) is 0 Å². The predicted molar refractivity (Wildman–Crippen MR) is 137 cm³/mol. The zero-order valence-corrected chi connectivity index (χ0v) is 21.4. The molecule has 0 aromatic heterocycles. The Bertz CT molecular complexity index is 825. The zero-order chi connectivity index (χ0) is 22.3. The Balaban J connectivity index is 1.58. The summed E-state index contributed by atoms with van der Waals surface area (Å²) in [4.78, 5) is 2.45. The zero-order valence-electron chi connectivity index (χ0n) is 19.0. The molecule has 1 aliphatic heterocycles. The van der Waals surface area contributed by atoms with Gasteiger partial charge < -0.3 is 14.4 Å². The molecule has 31 heavy (non-hydrogen) atoms. The molecule has 1 aliphatic rings. The second-order valence-electron chi connectivity index (χ2n) is 8.32. The summed E-state index contributed by atoms with van der Waals surface area (Å²) in [6, 6.07) is 14.7. The van der Waals surface area contributed by atoms with E-state index >= 15 is 0 Å². The van der Waals surface area contributed by atoms with Crippen LogP contribution in [0.4, 0.5) is 0 Å². The van der Waals surface area contributed by atoms with Crippen molar-refractivity contribution in [1.29, 1.82) is 0 Å². The SMILES string of the molecule is COc1ccc(CCN(C)CC(C)CC2(c3ccc(Cl)cc3)SCCCS2)cc1OC. The van der Waals surface area contributed by atoms with Gasteiger partial charge in [-0.3, -0.25) is 0 Å². The summed E-state index contributed by atoms with van der Waals surface area (Å²) in [6.45, 7) is 4.50. The highest BCUT2D eigenvalue weighted by Gasteiger charge is 2.37. The van der Waals surface area contributed by atoms with Gasteiger partial charge in [0.1, 0.15) is 0 Å². The lowest BCUT2D eigenvalue weighted by atomic mass is 9.99. The quantitative estimate of drug-likeness (QED) is 0.382. The molecule has 2 aromatic carbocycles. The molecule has 1 atom stereocenters. The Morgan fingerprint density at radius 3 is 2.35 bits per heavy atom. The van der Waals surface area contributed by atoms with Gasteiger partial charge in [-0.2, -0.15) is 0 Å². The number of ether oxygens (including phenoxy) is 2. The van der Waals surface area contributed by atoms with E-state index in [0.29, 0.717) is 5.92 Å². The summed E-state index contributed by atoms with van der Waals surface area (Å²) < 4.78 is 10.9. The second-order valence-corrected chi connectivity index (χ2v) is 11.8. The van der Waals surface area contributed by atoms with Crippen molar-refractivity contribution in [2.45, 2.75) is 30.3 Å². The van der Waals surface area contributed by atoms with Crippen LogP contribution < -0.4 is 9.47 Å². The molecule has 1 heterocycles. The van der Waals surface area contributed by atoms with E-state index in [1.165, 1.54) is 35.5 Å². The molecule has 1 fully saturated rings. The van der Waals surface area contributed by atoms with Crippen molar-refractivity contribution >= 4 is 35.1 Å². The van der Waals surface area contributed by atoms with E-state index < -0.39 is 0 Å². The van der Waals surface area contributed by atoms with Crippen molar-refractivity contribution in [1.82, 2.24) is 4.90 Å². The number of hydrogen-bond donors (Lipinski definition) is 0. The van der Waals surface area contributed by atoms with E-state index in [-0.39, 0.29) is 4.08 Å². The van der Waals surface area contributed by atoms with Gasteiger partial charge in [-0.15, -0.1) is 23.5 Å². The van der Waals surface area contributed by atoms with E-state index in [1.54, 1.807) is 14.2 Å². The predicted octanol–water partition coefficient (Wildman–Crippen LogP) is 6.58. The van der Waals surface area contributed by atoms with Crippen molar-refractivity contribution in [3.63, 3.8) is 0 Å². The minimum atomic E-state index is 0.145. The lowest BCUT2D eigenvalue weighted by Crippen LogP contribution is -2.32. The molecule has 0 radical (unpaired) electrons. The van der Waals surface area contributed by atoms with Crippen molar-refractivity contribution in [3.05, 3.63) is 58.6 Å². The van der Waals surface area contributed by atoms with Gasteiger partial charge in [-0.05, 0) is 79.1 Å². The van der Waals surface area contributed by atoms with Gasteiger partial charge in [-0.1, -0.05) is 36.7 Å². The molecule has 3 nitrogen and oxygen atoms in total. The van der Waals surface area contributed by atoms with E-state index in [4.69, 9.17) is 21.1 Å². The Morgan fingerprint density at radius 1 is 1.03 bits per heavy atom. The number of nitrogens with zero attached hydrogens (tertiary/aromatic N) is 1. The molecule has 170 valence electrons. The van der Waals surface area contributed by atoms with Crippen molar-refractivity contribution < 1.29 is 9.47 Å². The van der Waals surface area contributed by atoms with Crippen LogP contribution in [0.25, 0.3) is 0 Å². The fourth-order valence-electron chi connectivity index (χ4n) is 4.18. The number of benzene rings is 2. The molecule has 0 saturated carbocycles. The number of thioether (sulfide) groups is 2. The lowest BCUT2D eigenvalue weighted by Gasteiger charge is -2.39. The summed E-state index contributed by atoms with van der Waals surface area (Å²) in [5.74, 6) is 4.65. The Labute approximate surface area is 201 Å². The molecule has 0 amide bonds. The third-order valence-electron chi connectivity index (χ3n) is 5.71. The smallest absolute Gasteiger partial charge is 0.160 e. The van der Waals surface area contributed by atoms with Gasteiger partial charge in [0.2, 0.25) is 0 Å². The fraction of sp³-hybridized carbons (Fsp3) is 0.520. The van der Waals surface area contributed by atoms with Crippen LogP contribution in [0.2, 0.25) is 5.02 Å². The van der Waals surface area contributed by atoms with Gasteiger partial charge >= 0.3 is 0 Å². The van der Waals surface area contributed by atoms with Crippen LogP contribution in [0.15, 0.2) is 42.5 Å². The standard InChI is InChI=1S/C25H34ClNO2S2/c1-19(17-25(30-14-5-15-31-25)21-7-9-22(26)10-8-21)18-27(2)13-12-20-6-11-23(28-3)24(16-20)29-4/h6-11,16,19H,5,12-15,17-18H2,1-4H3. The van der Waals surface area contributed by atoms with Gasteiger partial charge in [0.05, 0.1) is 18.3 Å². The van der Waals surface area contributed by atoms with Gasteiger partial charge in [0.25, 0.3) is 0 Å². The third kappa shape index (κ3) is 6.74. The molecule has 2 aromatic rings. The highest BCUT2D eigenvalue weighted by atomic mass is 35.5. The summed E-state index contributed by atoms with van der Waals surface area (Å²) in [6.07, 6.45) is 3.46. The minimum Gasteiger partial charge on any atom is -0.493 e. The van der Waals surface area contributed by atoms with Crippen molar-refractivity contribution in [3.8, 4) is 11.5 Å². The Hall–Kier alpha value is -1.01. The number of rotatable bonds is 10. The lowest BCUT2D eigenvalue weighted by molar-refractivity contribution is 0.277. The maximum Gasteiger partial charge on any atom is 0.160 e. The highest BCUT2D eigenvalue weighted by Crippen LogP contribution is 2.54. The number of likely N-dealkylation sites (N-methyl/N-ethyl adjacent to an activating group) is 1. The average molecular weight is 480 g/mol. The average Bonchev–Trinajstić information content (AvgIpc) is 2.78. The molecular weight excluding hydrogens is 446 g/mol. The summed E-state index contributed by atoms with van der Waals surface area (Å²) in [5.41, 5.74) is 2.68. The van der Waals surface area contributed by atoms with Crippen LogP contribution >= 0.6 is 35.1 Å². The summed E-state index contributed by atoms with van der Waals surface area (Å²) >= 11 is 10.4. The topological polar surface area (TPSA) is 21.7 Å². The molecular formula is C25H34ClNO2S2. The molecule has 3 rings (SSSR count). The normalized spacial score (nSPS) is 16.8. The van der Waals surface area contributed by atoms with Crippen molar-refractivity contribution in [2.24, 2.45) is 5.92 Å². The molecule has 6 heteroatoms. The maximum atomic E-state index is 6.16. The van der Waals surface area contributed by atoms with Crippen LogP contribution in [0.1, 0.15) is 30.9 Å². The number of methoxy groups -OCH3 is 2. The first-order chi connectivity index (χ1) is 15.0. The van der Waals surface area contributed by atoms with E-state index in [2.05, 4.69) is 66.7 Å². The monoisotopic (exact) mass is 479 g/mol. The second kappa shape index (κ2) is 11.7. The van der Waals surface area contributed by atoms with E-state index in [0.717, 1.165) is 36.0 Å². The van der Waals surface area contributed by atoms with Gasteiger partial charge in [0, 0.05) is 18.1 Å². The molecule has 0 aliphatic carbocycles. The molecule has 1 unspecified atom stereocenters. The maximum absolute atomic E-state index is 6.16. The van der Waals surface area contributed by atoms with Crippen molar-refractivity contribution in [2.75, 3.05) is 45.9 Å². The minimum absolute atomic E-state index is 0.145. The Kier molecular flexibility index (Phi) is 9.32. The van der Waals surface area contributed by atoms with Crippen LogP contribution in [0.5, 0.6) is 11.5 Å². The first-order valence-corrected chi connectivity index (χ1v) is 13.2. The highest BCUT2D eigenvalue weighted by molar-refractivity contribution is 8.18. The van der Waals surface area contributed by atoms with E-state index in [1.807, 2.05) is 18.2 Å².